The fourth-order valence-electron chi connectivity index (χ4n) is 4.50. The van der Waals surface area contributed by atoms with Crippen molar-refractivity contribution in [3.05, 3.63) is 108 Å². The van der Waals surface area contributed by atoms with Crippen LogP contribution >= 0.6 is 0 Å². The molecule has 0 fully saturated rings. The minimum Gasteiger partial charge on any atom is -0.480 e. The highest BCUT2D eigenvalue weighted by Crippen LogP contribution is 2.26. The lowest BCUT2D eigenvalue weighted by molar-refractivity contribution is -0.118. The summed E-state index contributed by atoms with van der Waals surface area (Å²) < 4.78 is 12.6. The van der Waals surface area contributed by atoms with Crippen LogP contribution in [0.2, 0.25) is 0 Å². The lowest BCUT2D eigenvalue weighted by Crippen LogP contribution is -2.29. The predicted octanol–water partition coefficient (Wildman–Crippen LogP) is 7.42. The topological polar surface area (TPSA) is 53.3 Å². The van der Waals surface area contributed by atoms with Gasteiger partial charge in [-0.05, 0) is 79.8 Å². The van der Waals surface area contributed by atoms with Crippen LogP contribution in [-0.2, 0) is 28.9 Å². The van der Waals surface area contributed by atoms with E-state index in [0.29, 0.717) is 5.75 Å². The Labute approximate surface area is 231 Å². The average Bonchev–Trinajstić information content (AvgIpc) is 3.28. The first kappa shape index (κ1) is 28.1. The fraction of sp³-hybridized carbons (Fsp3) is 0.294. The molecule has 5 rings (SSSR count). The fourth-order valence-corrected chi connectivity index (χ4v) is 4.50. The van der Waals surface area contributed by atoms with Gasteiger partial charge in [0.15, 0.2) is 11.9 Å². The summed E-state index contributed by atoms with van der Waals surface area (Å²) in [5.74, 6) is 1.83. The number of hydrogen-bond donors (Lipinski definition) is 0. The van der Waals surface area contributed by atoms with Gasteiger partial charge in [-0.15, -0.1) is 0 Å². The summed E-state index contributed by atoms with van der Waals surface area (Å²) in [5.41, 5.74) is 3.94. The van der Waals surface area contributed by atoms with E-state index in [9.17, 15) is 4.79 Å². The van der Waals surface area contributed by atoms with Crippen LogP contribution in [-0.4, -0.2) is 35.2 Å². The van der Waals surface area contributed by atoms with Gasteiger partial charge in [0.1, 0.15) is 11.6 Å². The maximum atomic E-state index is 11.1. The molecule has 0 unspecified atom stereocenters. The largest absolute Gasteiger partial charge is 0.480 e. The van der Waals surface area contributed by atoms with Crippen molar-refractivity contribution >= 4 is 28.1 Å². The number of methoxy groups -OCH3 is 1. The Balaban J connectivity index is 0.000000826. The quantitative estimate of drug-likeness (QED) is 0.179. The molecule has 0 radical (unpaired) electrons. The second kappa shape index (κ2) is 13.2. The van der Waals surface area contributed by atoms with E-state index in [-0.39, 0.29) is 0 Å². The Bertz CT molecular complexity index is 1490. The first-order valence-corrected chi connectivity index (χ1v) is 13.6. The predicted molar refractivity (Wildman–Crippen MR) is 160 cm³/mol. The van der Waals surface area contributed by atoms with E-state index in [4.69, 9.17) is 9.72 Å². The monoisotopic (exact) mass is 522 g/mol. The molecule has 0 saturated heterocycles. The third kappa shape index (κ3) is 7.55. The van der Waals surface area contributed by atoms with E-state index in [2.05, 4.69) is 88.2 Å². The minimum atomic E-state index is -0.815. The summed E-state index contributed by atoms with van der Waals surface area (Å²) in [6, 6.07) is 31.6. The third-order valence-electron chi connectivity index (χ3n) is 6.62. The molecule has 0 aliphatic carbocycles. The van der Waals surface area contributed by atoms with Gasteiger partial charge < -0.3 is 14.0 Å². The van der Waals surface area contributed by atoms with Gasteiger partial charge in [0.25, 0.3) is 0 Å². The van der Waals surface area contributed by atoms with Gasteiger partial charge in [-0.3, -0.25) is 4.79 Å². The zero-order valence-electron chi connectivity index (χ0n) is 23.4. The maximum Gasteiger partial charge on any atom is 0.162 e. The van der Waals surface area contributed by atoms with E-state index in [0.717, 1.165) is 50.0 Å². The molecule has 0 bridgehead atoms. The molecule has 5 heteroatoms. The highest BCUT2D eigenvalue weighted by molar-refractivity contribution is 5.95. The molecule has 4 aromatic carbocycles. The normalized spacial score (nSPS) is 11.3. The number of carbonyl (C=O) groups excluding carboxylic acids is 1. The number of benzene rings is 4. The molecule has 5 aromatic rings. The standard InChI is InChI=1S/C31H30N2O2.C3H8O/c1-31(2,22-34)35-27-17-15-23(16-18-27)11-8-14-30-32-28-19-25-12-6-7-13-26(25)20-29(28)33(30)21-24-9-4-3-5-10-24;1-3-4-2/h3-7,9-10,12-13,15-20,22H,8,11,14,21H2,1-2H3;3H2,1-2H3. The van der Waals surface area contributed by atoms with Crippen molar-refractivity contribution in [1.29, 1.82) is 0 Å². The van der Waals surface area contributed by atoms with Crippen molar-refractivity contribution in [2.45, 2.75) is 52.2 Å². The Kier molecular flexibility index (Phi) is 9.50. The van der Waals surface area contributed by atoms with Crippen molar-refractivity contribution in [3.63, 3.8) is 0 Å². The van der Waals surface area contributed by atoms with Crippen molar-refractivity contribution in [2.75, 3.05) is 13.7 Å². The Hall–Kier alpha value is -3.96. The lowest BCUT2D eigenvalue weighted by atomic mass is 10.1. The smallest absolute Gasteiger partial charge is 0.162 e. The molecule has 0 aliphatic rings. The molecule has 0 saturated carbocycles. The summed E-state index contributed by atoms with van der Waals surface area (Å²) in [4.78, 5) is 16.2. The number of ether oxygens (including phenoxy) is 2. The number of imidazole rings is 1. The number of nitrogens with zero attached hydrogens (tertiary/aromatic N) is 2. The molecule has 0 spiro atoms. The van der Waals surface area contributed by atoms with E-state index in [1.807, 2.05) is 19.1 Å². The zero-order valence-corrected chi connectivity index (χ0v) is 23.4. The highest BCUT2D eigenvalue weighted by Gasteiger charge is 2.18. The number of aldehydes is 1. The summed E-state index contributed by atoms with van der Waals surface area (Å²) in [6.45, 7) is 7.11. The SMILES string of the molecule is CC(C)(C=O)Oc1ccc(CCCc2nc3cc4ccccc4cc3n2Cc2ccccc2)cc1.CCOC. The molecule has 0 N–H and O–H groups in total. The van der Waals surface area contributed by atoms with Crippen LogP contribution in [0.1, 0.15) is 44.1 Å². The van der Waals surface area contributed by atoms with E-state index >= 15 is 0 Å². The third-order valence-corrected chi connectivity index (χ3v) is 6.62. The number of fused-ring (bicyclic) bond motifs is 2. The molecular weight excluding hydrogens is 484 g/mol. The molecule has 0 amide bonds. The first-order valence-electron chi connectivity index (χ1n) is 13.6. The number of aryl methyl sites for hydroxylation is 2. The van der Waals surface area contributed by atoms with Gasteiger partial charge in [-0.1, -0.05) is 66.7 Å². The van der Waals surface area contributed by atoms with Gasteiger partial charge in [0, 0.05) is 26.7 Å². The van der Waals surface area contributed by atoms with E-state index in [1.54, 1.807) is 21.0 Å². The van der Waals surface area contributed by atoms with Gasteiger partial charge in [0.05, 0.1) is 11.0 Å². The second-order valence-electron chi connectivity index (χ2n) is 10.2. The number of carbonyl (C=O) groups is 1. The van der Waals surface area contributed by atoms with E-state index < -0.39 is 5.60 Å². The van der Waals surface area contributed by atoms with Crippen molar-refractivity contribution in [1.82, 2.24) is 9.55 Å². The Morgan fingerprint density at radius 1 is 0.846 bits per heavy atom. The van der Waals surface area contributed by atoms with Crippen LogP contribution in [0.5, 0.6) is 5.75 Å². The molecular formula is C34H38N2O3. The number of hydrogen-bond acceptors (Lipinski definition) is 4. The average molecular weight is 523 g/mol. The van der Waals surface area contributed by atoms with Crippen molar-refractivity contribution in [2.24, 2.45) is 0 Å². The molecule has 1 aromatic heterocycles. The molecule has 1 heterocycles. The molecule has 0 atom stereocenters. The highest BCUT2D eigenvalue weighted by atomic mass is 16.5. The number of aromatic nitrogens is 2. The molecule has 0 aliphatic heterocycles. The second-order valence-corrected chi connectivity index (χ2v) is 10.2. The van der Waals surface area contributed by atoms with Gasteiger partial charge >= 0.3 is 0 Å². The van der Waals surface area contributed by atoms with Crippen molar-refractivity contribution < 1.29 is 14.3 Å². The van der Waals surface area contributed by atoms with Crippen molar-refractivity contribution in [3.8, 4) is 5.75 Å². The summed E-state index contributed by atoms with van der Waals surface area (Å²) in [7, 11) is 1.68. The summed E-state index contributed by atoms with van der Waals surface area (Å²) >= 11 is 0. The lowest BCUT2D eigenvalue weighted by Gasteiger charge is -2.19. The number of rotatable bonds is 10. The molecule has 39 heavy (non-hydrogen) atoms. The van der Waals surface area contributed by atoms with Gasteiger partial charge in [0.2, 0.25) is 0 Å². The van der Waals surface area contributed by atoms with Gasteiger partial charge in [-0.2, -0.15) is 0 Å². The van der Waals surface area contributed by atoms with Crippen LogP contribution in [0.3, 0.4) is 0 Å². The summed E-state index contributed by atoms with van der Waals surface area (Å²) in [6.07, 6.45) is 3.67. The van der Waals surface area contributed by atoms with Gasteiger partial charge in [-0.25, -0.2) is 4.98 Å². The van der Waals surface area contributed by atoms with Crippen LogP contribution in [0.25, 0.3) is 21.8 Å². The van der Waals surface area contributed by atoms with E-state index in [1.165, 1.54) is 27.4 Å². The van der Waals surface area contributed by atoms with Crippen LogP contribution < -0.4 is 4.74 Å². The zero-order chi connectivity index (χ0) is 27.7. The summed E-state index contributed by atoms with van der Waals surface area (Å²) in [5, 5.41) is 2.46. The molecule has 5 nitrogen and oxygen atoms in total. The minimum absolute atomic E-state index is 0.711. The first-order chi connectivity index (χ1) is 18.9. The van der Waals surface area contributed by atoms with Crippen LogP contribution in [0, 0.1) is 0 Å². The molecule has 202 valence electrons. The Morgan fingerprint density at radius 2 is 1.49 bits per heavy atom. The maximum absolute atomic E-state index is 11.1. The van der Waals surface area contributed by atoms with Crippen LogP contribution in [0.15, 0.2) is 91.0 Å². The Morgan fingerprint density at radius 3 is 2.13 bits per heavy atom. The van der Waals surface area contributed by atoms with Crippen LogP contribution in [0.4, 0.5) is 0 Å².